The number of sulfonamides is 1. The van der Waals surface area contributed by atoms with Crippen molar-refractivity contribution in [3.8, 4) is 11.3 Å². The third kappa shape index (κ3) is 4.50. The SMILES string of the molecule is Cc1nc(-c2ccc3c(c2)CCN3C(=O)CCCCCN=C2NS(=O)(=O)c3ccccc32)cs1. The van der Waals surface area contributed by atoms with Crippen LogP contribution in [0, 0.1) is 6.92 Å². The summed E-state index contributed by atoms with van der Waals surface area (Å²) in [6, 6.07) is 13.1. The molecule has 0 bridgehead atoms. The maximum atomic E-state index is 12.8. The molecule has 0 radical (unpaired) electrons. The van der Waals surface area contributed by atoms with E-state index in [9.17, 15) is 13.2 Å². The summed E-state index contributed by atoms with van der Waals surface area (Å²) in [4.78, 5) is 24.0. The summed E-state index contributed by atoms with van der Waals surface area (Å²) < 4.78 is 26.8. The molecule has 1 aromatic heterocycles. The number of anilines is 1. The van der Waals surface area contributed by atoms with E-state index in [1.165, 1.54) is 5.56 Å². The number of benzene rings is 2. The van der Waals surface area contributed by atoms with Gasteiger partial charge in [0.2, 0.25) is 5.91 Å². The average Bonchev–Trinajstić information content (AvgIpc) is 3.52. The Balaban J connectivity index is 1.11. The number of carbonyl (C=O) groups is 1. The highest BCUT2D eigenvalue weighted by atomic mass is 32.2. The lowest BCUT2D eigenvalue weighted by molar-refractivity contribution is -0.118. The average molecular weight is 495 g/mol. The lowest BCUT2D eigenvalue weighted by Crippen LogP contribution is -2.28. The minimum atomic E-state index is -3.50. The molecule has 0 unspecified atom stereocenters. The van der Waals surface area contributed by atoms with Crippen molar-refractivity contribution >= 4 is 38.8 Å². The summed E-state index contributed by atoms with van der Waals surface area (Å²) in [5.41, 5.74) is 4.93. The zero-order valence-electron chi connectivity index (χ0n) is 19.0. The van der Waals surface area contributed by atoms with Crippen LogP contribution < -0.4 is 9.62 Å². The molecule has 176 valence electrons. The van der Waals surface area contributed by atoms with E-state index < -0.39 is 10.0 Å². The predicted molar refractivity (Wildman–Crippen MR) is 135 cm³/mol. The zero-order chi connectivity index (χ0) is 23.7. The number of fused-ring (bicyclic) bond motifs is 2. The molecule has 1 N–H and O–H groups in total. The second kappa shape index (κ2) is 9.31. The summed E-state index contributed by atoms with van der Waals surface area (Å²) in [6.07, 6.45) is 3.81. The molecule has 0 aliphatic carbocycles. The van der Waals surface area contributed by atoms with E-state index in [-0.39, 0.29) is 10.8 Å². The molecule has 5 rings (SSSR count). The fourth-order valence-corrected chi connectivity index (χ4v) is 6.33. The van der Waals surface area contributed by atoms with Gasteiger partial charge in [0, 0.05) is 41.7 Å². The number of hydrogen-bond acceptors (Lipinski definition) is 6. The van der Waals surface area contributed by atoms with Crippen LogP contribution in [0.15, 0.2) is 57.7 Å². The van der Waals surface area contributed by atoms with E-state index in [4.69, 9.17) is 0 Å². The molecule has 0 atom stereocenters. The van der Waals surface area contributed by atoms with Gasteiger partial charge >= 0.3 is 0 Å². The lowest BCUT2D eigenvalue weighted by Gasteiger charge is -2.17. The van der Waals surface area contributed by atoms with Crippen molar-refractivity contribution in [3.63, 3.8) is 0 Å². The van der Waals surface area contributed by atoms with Crippen LogP contribution in [0.4, 0.5) is 5.69 Å². The molecule has 0 fully saturated rings. The molecule has 3 heterocycles. The van der Waals surface area contributed by atoms with Crippen molar-refractivity contribution in [1.29, 1.82) is 0 Å². The summed E-state index contributed by atoms with van der Waals surface area (Å²) in [6.45, 7) is 3.25. The van der Waals surface area contributed by atoms with Crippen LogP contribution in [0.5, 0.6) is 0 Å². The van der Waals surface area contributed by atoms with Gasteiger partial charge in [-0.1, -0.05) is 24.6 Å². The molecule has 34 heavy (non-hydrogen) atoms. The van der Waals surface area contributed by atoms with E-state index in [1.54, 1.807) is 35.6 Å². The van der Waals surface area contributed by atoms with Crippen LogP contribution in [0.25, 0.3) is 11.3 Å². The molecule has 7 nitrogen and oxygen atoms in total. The first kappa shape index (κ1) is 22.7. The van der Waals surface area contributed by atoms with E-state index in [0.717, 1.165) is 54.2 Å². The minimum absolute atomic E-state index is 0.153. The largest absolute Gasteiger partial charge is 0.312 e. The fourth-order valence-electron chi connectivity index (χ4n) is 4.46. The Bertz CT molecular complexity index is 1380. The number of carbonyl (C=O) groups excluding carboxylic acids is 1. The smallest absolute Gasteiger partial charge is 0.263 e. The first-order chi connectivity index (χ1) is 16.4. The highest BCUT2D eigenvalue weighted by Gasteiger charge is 2.30. The van der Waals surface area contributed by atoms with Crippen LogP contribution in [-0.4, -0.2) is 38.2 Å². The van der Waals surface area contributed by atoms with Gasteiger partial charge in [0.05, 0.1) is 15.6 Å². The molecule has 0 saturated heterocycles. The van der Waals surface area contributed by atoms with Gasteiger partial charge in [0.25, 0.3) is 10.0 Å². The number of rotatable bonds is 7. The van der Waals surface area contributed by atoms with Crippen molar-refractivity contribution in [1.82, 2.24) is 9.71 Å². The molecule has 0 saturated carbocycles. The van der Waals surface area contributed by atoms with Crippen LogP contribution in [-0.2, 0) is 21.2 Å². The Kier molecular flexibility index (Phi) is 6.22. The summed E-state index contributed by atoms with van der Waals surface area (Å²) in [5, 5.41) is 3.12. The number of aryl methyl sites for hydroxylation is 1. The van der Waals surface area contributed by atoms with E-state index >= 15 is 0 Å². The second-order valence-corrected chi connectivity index (χ2v) is 11.2. The Labute approximate surface area is 203 Å². The molecule has 3 aromatic rings. The number of aromatic nitrogens is 1. The van der Waals surface area contributed by atoms with Gasteiger partial charge in [-0.3, -0.25) is 14.5 Å². The highest BCUT2D eigenvalue weighted by molar-refractivity contribution is 7.90. The standard InChI is InChI=1S/C25H26N4O3S2/c1-17-27-21(16-33-17)18-10-11-22-19(15-18)12-14-29(22)24(30)9-3-2-6-13-26-25-20-7-4-5-8-23(20)34(31,32)28-25/h4-5,7-8,10-11,15-16H,2-3,6,9,12-14H2,1H3,(H,26,28). The van der Waals surface area contributed by atoms with Crippen molar-refractivity contribution in [3.05, 3.63) is 64.0 Å². The van der Waals surface area contributed by atoms with Crippen molar-refractivity contribution in [2.24, 2.45) is 4.99 Å². The molecule has 2 aliphatic heterocycles. The molecular weight excluding hydrogens is 468 g/mol. The van der Waals surface area contributed by atoms with Gasteiger partial charge in [-0.15, -0.1) is 11.3 Å². The highest BCUT2D eigenvalue weighted by Crippen LogP contribution is 2.33. The van der Waals surface area contributed by atoms with Crippen LogP contribution in [0.2, 0.25) is 0 Å². The summed E-state index contributed by atoms with van der Waals surface area (Å²) in [5.74, 6) is 0.562. The van der Waals surface area contributed by atoms with Gasteiger partial charge in [-0.25, -0.2) is 13.4 Å². The topological polar surface area (TPSA) is 91.7 Å². The maximum absolute atomic E-state index is 12.8. The first-order valence-electron chi connectivity index (χ1n) is 11.4. The summed E-state index contributed by atoms with van der Waals surface area (Å²) >= 11 is 1.64. The number of thiazole rings is 1. The van der Waals surface area contributed by atoms with Crippen molar-refractivity contribution in [2.45, 2.75) is 43.9 Å². The van der Waals surface area contributed by atoms with Gasteiger partial charge in [-0.05, 0) is 56.0 Å². The van der Waals surface area contributed by atoms with Crippen molar-refractivity contribution in [2.75, 3.05) is 18.0 Å². The van der Waals surface area contributed by atoms with Crippen LogP contribution >= 0.6 is 11.3 Å². The Morgan fingerprint density at radius 3 is 2.85 bits per heavy atom. The minimum Gasteiger partial charge on any atom is -0.312 e. The third-order valence-electron chi connectivity index (χ3n) is 6.17. The van der Waals surface area contributed by atoms with E-state index in [0.29, 0.717) is 24.4 Å². The number of amidine groups is 1. The monoisotopic (exact) mass is 494 g/mol. The number of nitrogens with one attached hydrogen (secondary N) is 1. The number of aliphatic imine (C=N–C) groups is 1. The van der Waals surface area contributed by atoms with Gasteiger partial charge in [0.1, 0.15) is 5.84 Å². The molecule has 1 amide bonds. The maximum Gasteiger partial charge on any atom is 0.263 e. The van der Waals surface area contributed by atoms with Gasteiger partial charge < -0.3 is 4.90 Å². The molecule has 9 heteroatoms. The third-order valence-corrected chi connectivity index (χ3v) is 8.34. The van der Waals surface area contributed by atoms with Gasteiger partial charge in [-0.2, -0.15) is 0 Å². The first-order valence-corrected chi connectivity index (χ1v) is 13.8. The molecule has 2 aliphatic rings. The number of amides is 1. The molecular formula is C25H26N4O3S2. The van der Waals surface area contributed by atoms with E-state index in [2.05, 4.69) is 26.1 Å². The summed E-state index contributed by atoms with van der Waals surface area (Å²) in [7, 11) is -3.50. The van der Waals surface area contributed by atoms with Crippen molar-refractivity contribution < 1.29 is 13.2 Å². The lowest BCUT2D eigenvalue weighted by atomic mass is 10.1. The van der Waals surface area contributed by atoms with Crippen LogP contribution in [0.3, 0.4) is 0 Å². The Hall–Kier alpha value is -3.04. The zero-order valence-corrected chi connectivity index (χ0v) is 20.6. The quantitative estimate of drug-likeness (QED) is 0.496. The second-order valence-electron chi connectivity index (χ2n) is 8.53. The van der Waals surface area contributed by atoms with Crippen LogP contribution in [0.1, 0.15) is 41.8 Å². The Morgan fingerprint density at radius 2 is 2.03 bits per heavy atom. The Morgan fingerprint density at radius 1 is 1.18 bits per heavy atom. The molecule has 0 spiro atoms. The predicted octanol–water partition coefficient (Wildman–Crippen LogP) is 4.31. The van der Waals surface area contributed by atoms with E-state index in [1.807, 2.05) is 24.0 Å². The normalized spacial score (nSPS) is 17.0. The van der Waals surface area contributed by atoms with Gasteiger partial charge in [0.15, 0.2) is 0 Å². The number of unbranched alkanes of at least 4 members (excludes halogenated alkanes) is 2. The number of hydrogen-bond donors (Lipinski definition) is 1. The molecule has 2 aromatic carbocycles. The fraction of sp³-hybridized carbons (Fsp3) is 0.320. The number of nitrogens with zero attached hydrogens (tertiary/aromatic N) is 3.